The van der Waals surface area contributed by atoms with Crippen LogP contribution in [0.3, 0.4) is 0 Å². The summed E-state index contributed by atoms with van der Waals surface area (Å²) in [6.07, 6.45) is 4.53. The first-order valence-corrected chi connectivity index (χ1v) is 8.05. The first kappa shape index (κ1) is 13.9. The fraction of sp³-hybridized carbons (Fsp3) is 0.923. The molecular weight excluding hydrogens is 346 g/mol. The van der Waals surface area contributed by atoms with Gasteiger partial charge in [-0.25, -0.2) is 0 Å². The molecule has 2 aliphatic carbocycles. The number of halogens is 2. The Labute approximate surface area is 121 Å². The van der Waals surface area contributed by atoms with Crippen LogP contribution in [0.25, 0.3) is 0 Å². The fourth-order valence-corrected chi connectivity index (χ4v) is 4.24. The van der Waals surface area contributed by atoms with Crippen molar-refractivity contribution < 1.29 is 4.79 Å². The van der Waals surface area contributed by atoms with E-state index >= 15 is 0 Å². The normalized spacial score (nSPS) is 44.2. The Morgan fingerprint density at radius 2 is 1.88 bits per heavy atom. The third kappa shape index (κ3) is 2.44. The Hall–Kier alpha value is 0.430. The second kappa shape index (κ2) is 4.52. The minimum Gasteiger partial charge on any atom is -0.353 e. The van der Waals surface area contributed by atoms with Gasteiger partial charge in [-0.05, 0) is 31.6 Å². The lowest BCUT2D eigenvalue weighted by atomic mass is 9.78. The second-order valence-corrected chi connectivity index (χ2v) is 9.83. The standard InChI is InChI=1S/C13H21Br2NO/c1-8-5-4-6-10(9(8)2)16-11(17)12(3)7-13(12,14)15/h8-10H,4-7H2,1-3H3,(H,16,17)/t8-,9+,10+,12-/m0/s1. The molecule has 2 rings (SSSR count). The number of hydrogen-bond acceptors (Lipinski definition) is 1. The molecule has 0 bridgehead atoms. The maximum absolute atomic E-state index is 12.3. The predicted octanol–water partition coefficient (Wildman–Crippen LogP) is 3.82. The molecule has 0 aliphatic heterocycles. The van der Waals surface area contributed by atoms with Gasteiger partial charge in [-0.15, -0.1) is 0 Å². The zero-order valence-electron chi connectivity index (χ0n) is 10.7. The Kier molecular flexibility index (Phi) is 3.68. The van der Waals surface area contributed by atoms with Crippen molar-refractivity contribution >= 4 is 37.8 Å². The molecule has 0 saturated heterocycles. The number of hydrogen-bond donors (Lipinski definition) is 1. The first-order valence-electron chi connectivity index (χ1n) is 6.47. The molecule has 0 radical (unpaired) electrons. The van der Waals surface area contributed by atoms with Crippen molar-refractivity contribution in [1.82, 2.24) is 5.32 Å². The summed E-state index contributed by atoms with van der Waals surface area (Å²) in [5.74, 6) is 1.51. The van der Waals surface area contributed by atoms with Gasteiger partial charge in [0, 0.05) is 6.04 Å². The van der Waals surface area contributed by atoms with Gasteiger partial charge in [0.05, 0.1) is 8.65 Å². The zero-order valence-corrected chi connectivity index (χ0v) is 13.9. The summed E-state index contributed by atoms with van der Waals surface area (Å²) in [6, 6.07) is 0.361. The van der Waals surface area contributed by atoms with Gasteiger partial charge >= 0.3 is 0 Å². The first-order chi connectivity index (χ1) is 7.78. The van der Waals surface area contributed by atoms with Crippen molar-refractivity contribution in [2.75, 3.05) is 0 Å². The zero-order chi connectivity index (χ0) is 12.8. The highest BCUT2D eigenvalue weighted by molar-refractivity contribution is 9.25. The van der Waals surface area contributed by atoms with Crippen LogP contribution in [0.5, 0.6) is 0 Å². The molecule has 0 unspecified atom stereocenters. The second-order valence-electron chi connectivity index (χ2n) is 6.06. The molecule has 0 aromatic rings. The molecule has 2 aliphatic rings. The van der Waals surface area contributed by atoms with Gasteiger partial charge in [0.1, 0.15) is 0 Å². The SMILES string of the molecule is C[C@@H]1[C@@H](C)CCC[C@H]1NC(=O)[C@]1(C)CC1(Br)Br. The molecule has 2 saturated carbocycles. The van der Waals surface area contributed by atoms with Crippen LogP contribution in [0, 0.1) is 17.3 Å². The van der Waals surface area contributed by atoms with Crippen molar-refractivity contribution in [3.8, 4) is 0 Å². The maximum atomic E-state index is 12.3. The summed E-state index contributed by atoms with van der Waals surface area (Å²) >= 11 is 7.11. The number of alkyl halides is 2. The number of amides is 1. The molecule has 2 fully saturated rings. The van der Waals surface area contributed by atoms with Gasteiger partial charge < -0.3 is 5.32 Å². The molecule has 0 aromatic heterocycles. The Morgan fingerprint density at radius 1 is 1.29 bits per heavy atom. The van der Waals surface area contributed by atoms with Gasteiger partial charge in [0.25, 0.3) is 0 Å². The molecule has 1 N–H and O–H groups in total. The Morgan fingerprint density at radius 3 is 2.41 bits per heavy atom. The van der Waals surface area contributed by atoms with E-state index in [0.29, 0.717) is 12.0 Å². The van der Waals surface area contributed by atoms with Crippen LogP contribution >= 0.6 is 31.9 Å². The number of carbonyl (C=O) groups is 1. The Bertz CT molecular complexity index is 331. The molecule has 0 aromatic carbocycles. The summed E-state index contributed by atoms with van der Waals surface area (Å²) in [7, 11) is 0. The Balaban J connectivity index is 1.95. The van der Waals surface area contributed by atoms with E-state index in [1.807, 2.05) is 6.92 Å². The van der Waals surface area contributed by atoms with Crippen molar-refractivity contribution in [2.45, 2.75) is 55.7 Å². The summed E-state index contributed by atoms with van der Waals surface area (Å²) in [5.41, 5.74) is -0.284. The van der Waals surface area contributed by atoms with Crippen molar-refractivity contribution in [1.29, 1.82) is 0 Å². The molecule has 1 amide bonds. The van der Waals surface area contributed by atoms with Crippen molar-refractivity contribution in [3.63, 3.8) is 0 Å². The quantitative estimate of drug-likeness (QED) is 0.739. The van der Waals surface area contributed by atoms with Crippen LogP contribution in [-0.2, 0) is 4.79 Å². The number of carbonyl (C=O) groups excluding carboxylic acids is 1. The van der Waals surface area contributed by atoms with E-state index in [1.54, 1.807) is 0 Å². The van der Waals surface area contributed by atoms with Crippen LogP contribution in [0.2, 0.25) is 0 Å². The van der Waals surface area contributed by atoms with E-state index in [1.165, 1.54) is 12.8 Å². The summed E-state index contributed by atoms with van der Waals surface area (Å²) < 4.78 is -0.180. The predicted molar refractivity (Wildman–Crippen MR) is 77.4 cm³/mol. The smallest absolute Gasteiger partial charge is 0.228 e. The summed E-state index contributed by atoms with van der Waals surface area (Å²) in [6.45, 7) is 6.57. The third-order valence-electron chi connectivity index (χ3n) is 4.78. The van der Waals surface area contributed by atoms with Crippen LogP contribution < -0.4 is 5.32 Å². The molecule has 0 heterocycles. The monoisotopic (exact) mass is 365 g/mol. The van der Waals surface area contributed by atoms with Gasteiger partial charge in [0.15, 0.2) is 0 Å². The minimum atomic E-state index is -0.284. The van der Waals surface area contributed by atoms with E-state index < -0.39 is 0 Å². The van der Waals surface area contributed by atoms with Crippen LogP contribution in [0.4, 0.5) is 0 Å². The maximum Gasteiger partial charge on any atom is 0.228 e. The summed E-state index contributed by atoms with van der Waals surface area (Å²) in [4.78, 5) is 12.3. The lowest BCUT2D eigenvalue weighted by Crippen LogP contribution is -2.46. The average molecular weight is 367 g/mol. The largest absolute Gasteiger partial charge is 0.353 e. The number of rotatable bonds is 2. The van der Waals surface area contributed by atoms with E-state index in [0.717, 1.165) is 18.8 Å². The van der Waals surface area contributed by atoms with E-state index in [4.69, 9.17) is 0 Å². The molecule has 0 spiro atoms. The van der Waals surface area contributed by atoms with E-state index in [2.05, 4.69) is 51.0 Å². The van der Waals surface area contributed by atoms with Gasteiger partial charge in [-0.2, -0.15) is 0 Å². The minimum absolute atomic E-state index is 0.180. The van der Waals surface area contributed by atoms with E-state index in [9.17, 15) is 4.79 Å². The van der Waals surface area contributed by atoms with Crippen molar-refractivity contribution in [3.05, 3.63) is 0 Å². The highest BCUT2D eigenvalue weighted by atomic mass is 79.9. The molecule has 17 heavy (non-hydrogen) atoms. The molecular formula is C13H21Br2NO. The van der Waals surface area contributed by atoms with E-state index in [-0.39, 0.29) is 14.6 Å². The average Bonchev–Trinajstić information content (AvgIpc) is 2.75. The lowest BCUT2D eigenvalue weighted by molar-refractivity contribution is -0.127. The number of nitrogens with one attached hydrogen (secondary N) is 1. The van der Waals surface area contributed by atoms with Crippen molar-refractivity contribution in [2.24, 2.45) is 17.3 Å². The summed E-state index contributed by atoms with van der Waals surface area (Å²) in [5, 5.41) is 3.26. The lowest BCUT2D eigenvalue weighted by Gasteiger charge is -2.35. The molecule has 4 heteroatoms. The molecule has 4 atom stereocenters. The highest BCUT2D eigenvalue weighted by Crippen LogP contribution is 2.66. The molecule has 2 nitrogen and oxygen atoms in total. The third-order valence-corrected chi connectivity index (χ3v) is 7.09. The topological polar surface area (TPSA) is 29.1 Å². The van der Waals surface area contributed by atoms with Gasteiger partial charge in [-0.1, -0.05) is 58.5 Å². The van der Waals surface area contributed by atoms with Gasteiger partial charge in [0.2, 0.25) is 5.91 Å². The van der Waals surface area contributed by atoms with Gasteiger partial charge in [-0.3, -0.25) is 4.79 Å². The highest BCUT2D eigenvalue weighted by Gasteiger charge is 2.66. The molecule has 98 valence electrons. The van der Waals surface area contributed by atoms with Crippen LogP contribution in [0.1, 0.15) is 46.5 Å². The fourth-order valence-electron chi connectivity index (χ4n) is 2.76. The van der Waals surface area contributed by atoms with Crippen LogP contribution in [-0.4, -0.2) is 15.2 Å². The van der Waals surface area contributed by atoms with Crippen LogP contribution in [0.15, 0.2) is 0 Å².